The molecule has 0 aliphatic carbocycles. The van der Waals surface area contributed by atoms with Crippen LogP contribution in [0.3, 0.4) is 0 Å². The quantitative estimate of drug-likeness (QED) is 0.685. The van der Waals surface area contributed by atoms with Crippen molar-refractivity contribution in [3.63, 3.8) is 0 Å². The van der Waals surface area contributed by atoms with Crippen LogP contribution in [0.5, 0.6) is 0 Å². The summed E-state index contributed by atoms with van der Waals surface area (Å²) >= 11 is 0. The van der Waals surface area contributed by atoms with Crippen LogP contribution in [0, 0.1) is 6.92 Å². The van der Waals surface area contributed by atoms with Gasteiger partial charge < -0.3 is 4.98 Å². The van der Waals surface area contributed by atoms with Crippen molar-refractivity contribution >= 4 is 11.2 Å². The molecule has 6 nitrogen and oxygen atoms in total. The number of hydrogen-bond acceptors (Lipinski definition) is 4. The van der Waals surface area contributed by atoms with Crippen LogP contribution in [0.4, 0.5) is 0 Å². The van der Waals surface area contributed by atoms with Crippen LogP contribution in [0.25, 0.3) is 11.2 Å². The fraction of sp³-hybridized carbons (Fsp3) is 0.556. The molecule has 1 N–H and O–H groups in total. The number of fused-ring (bicyclic) bond motifs is 1. The molecule has 0 fully saturated rings. The summed E-state index contributed by atoms with van der Waals surface area (Å²) in [5.74, 6) is 0.570. The molecule has 0 radical (unpaired) electrons. The fourth-order valence-electron chi connectivity index (χ4n) is 1.39. The Hall–Kier alpha value is -1.72. The summed E-state index contributed by atoms with van der Waals surface area (Å²) in [6, 6.07) is 0. The van der Waals surface area contributed by atoms with E-state index in [1.807, 2.05) is 20.8 Å². The van der Waals surface area contributed by atoms with Crippen molar-refractivity contribution in [1.82, 2.24) is 25.0 Å². The Bertz CT molecular complexity index is 560. The normalized spacial score (nSPS) is 12.3. The van der Waals surface area contributed by atoms with E-state index in [0.717, 1.165) is 0 Å². The molecule has 0 amide bonds. The van der Waals surface area contributed by atoms with Gasteiger partial charge >= 0.3 is 0 Å². The monoisotopic (exact) mass is 207 g/mol. The minimum atomic E-state index is -0.243. The zero-order chi connectivity index (χ0) is 11.2. The summed E-state index contributed by atoms with van der Waals surface area (Å²) < 4.78 is 1.66. The predicted molar refractivity (Wildman–Crippen MR) is 55.7 cm³/mol. The van der Waals surface area contributed by atoms with Gasteiger partial charge in [0.05, 0.1) is 5.54 Å². The van der Waals surface area contributed by atoms with Gasteiger partial charge in [-0.1, -0.05) is 5.21 Å². The number of rotatable bonds is 0. The maximum atomic E-state index is 11.5. The molecular formula is C9H13N5O. The molecule has 0 saturated heterocycles. The van der Waals surface area contributed by atoms with Crippen molar-refractivity contribution in [2.45, 2.75) is 33.2 Å². The highest BCUT2D eigenvalue weighted by molar-refractivity contribution is 5.68. The van der Waals surface area contributed by atoms with Gasteiger partial charge in [-0.2, -0.15) is 0 Å². The van der Waals surface area contributed by atoms with E-state index >= 15 is 0 Å². The molecule has 0 aliphatic rings. The lowest BCUT2D eigenvalue weighted by atomic mass is 10.1. The lowest BCUT2D eigenvalue weighted by Gasteiger charge is -2.18. The molecule has 0 spiro atoms. The largest absolute Gasteiger partial charge is 0.309 e. The second kappa shape index (κ2) is 2.88. The summed E-state index contributed by atoms with van der Waals surface area (Å²) in [4.78, 5) is 18.4. The summed E-state index contributed by atoms with van der Waals surface area (Å²) in [6.07, 6.45) is 0. The maximum Gasteiger partial charge on any atom is 0.281 e. The highest BCUT2D eigenvalue weighted by atomic mass is 16.1. The molecule has 2 aromatic heterocycles. The molecule has 2 heterocycles. The molecule has 6 heteroatoms. The average Bonchev–Trinajstić information content (AvgIpc) is 2.45. The smallest absolute Gasteiger partial charge is 0.281 e. The van der Waals surface area contributed by atoms with E-state index in [4.69, 9.17) is 0 Å². The molecular weight excluding hydrogens is 194 g/mol. The van der Waals surface area contributed by atoms with Crippen LogP contribution >= 0.6 is 0 Å². The minimum absolute atomic E-state index is 0.234. The predicted octanol–water partition coefficient (Wildman–Crippen LogP) is 0.578. The zero-order valence-corrected chi connectivity index (χ0v) is 9.20. The van der Waals surface area contributed by atoms with Gasteiger partial charge in [0.2, 0.25) is 0 Å². The molecule has 0 atom stereocenters. The Kier molecular flexibility index (Phi) is 1.89. The van der Waals surface area contributed by atoms with E-state index in [-0.39, 0.29) is 16.6 Å². The summed E-state index contributed by atoms with van der Waals surface area (Å²) in [7, 11) is 0. The van der Waals surface area contributed by atoms with E-state index in [1.54, 1.807) is 11.6 Å². The van der Waals surface area contributed by atoms with Crippen molar-refractivity contribution in [1.29, 1.82) is 0 Å². The summed E-state index contributed by atoms with van der Waals surface area (Å²) in [6.45, 7) is 7.69. The Morgan fingerprint density at radius 2 is 2.00 bits per heavy atom. The number of aromatic amines is 1. The lowest BCUT2D eigenvalue weighted by Crippen LogP contribution is -2.24. The second-order valence-electron chi connectivity index (χ2n) is 4.50. The van der Waals surface area contributed by atoms with Gasteiger partial charge in [-0.05, 0) is 27.7 Å². The average molecular weight is 207 g/mol. The van der Waals surface area contributed by atoms with Crippen molar-refractivity contribution < 1.29 is 0 Å². The third-order valence-corrected chi connectivity index (χ3v) is 2.07. The number of aryl methyl sites for hydroxylation is 1. The zero-order valence-electron chi connectivity index (χ0n) is 9.20. The Morgan fingerprint density at radius 1 is 1.33 bits per heavy atom. The number of aromatic nitrogens is 5. The van der Waals surface area contributed by atoms with E-state index in [2.05, 4.69) is 20.3 Å². The Labute approximate surface area is 86.3 Å². The van der Waals surface area contributed by atoms with E-state index in [9.17, 15) is 4.79 Å². The molecule has 0 aromatic carbocycles. The Morgan fingerprint density at radius 3 is 2.60 bits per heavy atom. The van der Waals surface area contributed by atoms with Crippen LogP contribution in [0.2, 0.25) is 0 Å². The molecule has 0 unspecified atom stereocenters. The number of nitrogens with one attached hydrogen (secondary N) is 1. The number of hydrogen-bond donors (Lipinski definition) is 1. The summed E-state index contributed by atoms with van der Waals surface area (Å²) in [5.41, 5.74) is 0.342. The highest BCUT2D eigenvalue weighted by Gasteiger charge is 2.20. The van der Waals surface area contributed by atoms with Gasteiger partial charge in [0.1, 0.15) is 5.82 Å². The van der Waals surface area contributed by atoms with E-state index in [0.29, 0.717) is 11.5 Å². The molecule has 0 saturated carbocycles. The molecule has 2 rings (SSSR count). The maximum absolute atomic E-state index is 11.5. The van der Waals surface area contributed by atoms with E-state index in [1.165, 1.54) is 0 Å². The lowest BCUT2D eigenvalue weighted by molar-refractivity contribution is 0.356. The summed E-state index contributed by atoms with van der Waals surface area (Å²) in [5, 5.41) is 7.79. The van der Waals surface area contributed by atoms with Gasteiger partial charge in [-0.3, -0.25) is 4.79 Å². The van der Waals surface area contributed by atoms with Crippen LogP contribution in [0.15, 0.2) is 4.79 Å². The third-order valence-electron chi connectivity index (χ3n) is 2.07. The molecule has 80 valence electrons. The van der Waals surface area contributed by atoms with Crippen molar-refractivity contribution in [3.05, 3.63) is 16.2 Å². The first kappa shape index (κ1) is 9.82. The van der Waals surface area contributed by atoms with Crippen molar-refractivity contribution in [2.24, 2.45) is 0 Å². The van der Waals surface area contributed by atoms with Crippen molar-refractivity contribution in [3.8, 4) is 0 Å². The van der Waals surface area contributed by atoms with Gasteiger partial charge in [-0.15, -0.1) is 5.10 Å². The SMILES string of the molecule is Cc1nc2c(nnn2C(C)(C)C)c(=O)[nH]1. The van der Waals surface area contributed by atoms with Crippen LogP contribution < -0.4 is 5.56 Å². The first-order valence-corrected chi connectivity index (χ1v) is 4.72. The van der Waals surface area contributed by atoms with Gasteiger partial charge in [-0.25, -0.2) is 9.67 Å². The number of H-pyrrole nitrogens is 1. The van der Waals surface area contributed by atoms with Gasteiger partial charge in [0, 0.05) is 0 Å². The third kappa shape index (κ3) is 1.51. The first-order chi connectivity index (χ1) is 6.89. The van der Waals surface area contributed by atoms with Crippen LogP contribution in [0.1, 0.15) is 26.6 Å². The van der Waals surface area contributed by atoms with Gasteiger partial charge in [0.15, 0.2) is 11.2 Å². The topological polar surface area (TPSA) is 76.5 Å². The number of nitrogens with zero attached hydrogens (tertiary/aromatic N) is 4. The molecule has 0 aliphatic heterocycles. The fourth-order valence-corrected chi connectivity index (χ4v) is 1.39. The molecule has 15 heavy (non-hydrogen) atoms. The van der Waals surface area contributed by atoms with Crippen molar-refractivity contribution in [2.75, 3.05) is 0 Å². The standard InChI is InChI=1S/C9H13N5O/c1-5-10-7-6(8(15)11-5)12-13-14(7)9(2,3)4/h1-4H3,(H,10,11,15). The Balaban J connectivity index is 2.86. The minimum Gasteiger partial charge on any atom is -0.309 e. The second-order valence-corrected chi connectivity index (χ2v) is 4.50. The van der Waals surface area contributed by atoms with Crippen LogP contribution in [-0.2, 0) is 5.54 Å². The van der Waals surface area contributed by atoms with E-state index < -0.39 is 0 Å². The van der Waals surface area contributed by atoms with Crippen LogP contribution in [-0.4, -0.2) is 25.0 Å². The molecule has 2 aromatic rings. The first-order valence-electron chi connectivity index (χ1n) is 4.72. The van der Waals surface area contributed by atoms with Gasteiger partial charge in [0.25, 0.3) is 5.56 Å². The molecule has 0 bridgehead atoms. The highest BCUT2D eigenvalue weighted by Crippen LogP contribution is 2.16.